The Kier molecular flexibility index (Phi) is 2.93. The molecule has 0 aliphatic carbocycles. The maximum Gasteiger partial charge on any atom is 0.106 e. The van der Waals surface area contributed by atoms with Crippen LogP contribution in [-0.4, -0.2) is 4.98 Å². The lowest BCUT2D eigenvalue weighted by atomic mass is 10.2. The molecule has 0 saturated heterocycles. The summed E-state index contributed by atoms with van der Waals surface area (Å²) in [7, 11) is 0. The fourth-order valence-electron chi connectivity index (χ4n) is 1.92. The lowest BCUT2D eigenvalue weighted by molar-refractivity contribution is 0.909. The normalized spacial score (nSPS) is 12.7. The molecule has 3 rings (SSSR count). The van der Waals surface area contributed by atoms with Crippen molar-refractivity contribution in [3.05, 3.63) is 40.0 Å². The van der Waals surface area contributed by atoms with Crippen LogP contribution in [0.5, 0.6) is 0 Å². The van der Waals surface area contributed by atoms with Gasteiger partial charge >= 0.3 is 0 Å². The molecule has 0 aliphatic heterocycles. The minimum Gasteiger partial charge on any atom is -0.395 e. The van der Waals surface area contributed by atoms with Crippen LogP contribution in [0, 0.1) is 0 Å². The first-order valence-corrected chi connectivity index (χ1v) is 7.43. The van der Waals surface area contributed by atoms with Gasteiger partial charge in [0, 0.05) is 4.88 Å². The number of nitrogens with zero attached hydrogens (tertiary/aromatic N) is 1. The molecule has 0 amide bonds. The highest BCUT2D eigenvalue weighted by atomic mass is 32.1. The molecular weight excluding hydrogens is 262 g/mol. The third kappa shape index (κ3) is 1.95. The molecule has 18 heavy (non-hydrogen) atoms. The zero-order valence-electron chi connectivity index (χ0n) is 9.88. The fraction of sp³-hybridized carbons (Fsp3) is 0.154. The van der Waals surface area contributed by atoms with E-state index < -0.39 is 0 Å². The van der Waals surface area contributed by atoms with Gasteiger partial charge in [0.25, 0.3) is 0 Å². The summed E-state index contributed by atoms with van der Waals surface area (Å²) in [6.07, 6.45) is 0. The van der Waals surface area contributed by atoms with Crippen LogP contribution >= 0.6 is 22.7 Å². The quantitative estimate of drug-likeness (QED) is 0.707. The number of hydrogen-bond acceptors (Lipinski definition) is 5. The molecule has 3 aromatic rings. The Morgan fingerprint density at radius 3 is 2.94 bits per heavy atom. The molecule has 3 N–H and O–H groups in total. The van der Waals surface area contributed by atoms with Crippen molar-refractivity contribution in [3.63, 3.8) is 0 Å². The Balaban J connectivity index is 1.93. The Hall–Kier alpha value is -1.59. The van der Waals surface area contributed by atoms with E-state index in [1.807, 2.05) is 11.6 Å². The highest BCUT2D eigenvalue weighted by Gasteiger charge is 2.11. The van der Waals surface area contributed by atoms with Crippen molar-refractivity contribution in [2.45, 2.75) is 13.0 Å². The van der Waals surface area contributed by atoms with E-state index in [1.54, 1.807) is 22.7 Å². The van der Waals surface area contributed by atoms with E-state index in [0.717, 1.165) is 21.6 Å². The van der Waals surface area contributed by atoms with Crippen LogP contribution in [0.15, 0.2) is 35.2 Å². The molecule has 3 nitrogen and oxygen atoms in total. The number of aromatic nitrogens is 1. The number of hydrogen-bond donors (Lipinski definition) is 2. The lowest BCUT2D eigenvalue weighted by Crippen LogP contribution is -2.07. The topological polar surface area (TPSA) is 50.9 Å². The van der Waals surface area contributed by atoms with E-state index in [0.29, 0.717) is 0 Å². The molecule has 1 aromatic carbocycles. The molecule has 2 heterocycles. The highest BCUT2D eigenvalue weighted by Crippen LogP contribution is 2.32. The van der Waals surface area contributed by atoms with Gasteiger partial charge in [-0.15, -0.1) is 22.7 Å². The zero-order chi connectivity index (χ0) is 12.5. The second-order valence-corrected chi connectivity index (χ2v) is 5.97. The summed E-state index contributed by atoms with van der Waals surface area (Å²) in [4.78, 5) is 5.60. The maximum atomic E-state index is 6.15. The molecule has 0 fully saturated rings. The number of thiophene rings is 1. The summed E-state index contributed by atoms with van der Waals surface area (Å²) in [6, 6.07) is 8.53. The van der Waals surface area contributed by atoms with Crippen LogP contribution in [0.25, 0.3) is 10.2 Å². The summed E-state index contributed by atoms with van der Waals surface area (Å²) in [5, 5.41) is 5.53. The van der Waals surface area contributed by atoms with Gasteiger partial charge in [-0.05, 0) is 30.5 Å². The first-order valence-electron chi connectivity index (χ1n) is 5.67. The Bertz CT molecular complexity index is 658. The predicted molar refractivity (Wildman–Crippen MR) is 80.4 cm³/mol. The SMILES string of the molecule is CC(Nc1ccc2scnc2c1N)c1cccs1. The van der Waals surface area contributed by atoms with Gasteiger partial charge < -0.3 is 11.1 Å². The minimum atomic E-state index is 0.253. The second-order valence-electron chi connectivity index (χ2n) is 4.11. The van der Waals surface area contributed by atoms with Crippen LogP contribution in [0.1, 0.15) is 17.8 Å². The van der Waals surface area contributed by atoms with Crippen molar-refractivity contribution in [1.82, 2.24) is 4.98 Å². The second kappa shape index (κ2) is 4.59. The molecule has 0 aliphatic rings. The first kappa shape index (κ1) is 11.5. The largest absolute Gasteiger partial charge is 0.395 e. The van der Waals surface area contributed by atoms with Gasteiger partial charge in [0.2, 0.25) is 0 Å². The molecule has 5 heteroatoms. The van der Waals surface area contributed by atoms with Gasteiger partial charge in [-0.1, -0.05) is 6.07 Å². The number of thiazole rings is 1. The molecule has 1 atom stereocenters. The van der Waals surface area contributed by atoms with Crippen LogP contribution in [0.2, 0.25) is 0 Å². The fourth-order valence-corrected chi connectivity index (χ4v) is 3.35. The summed E-state index contributed by atoms with van der Waals surface area (Å²) >= 11 is 3.35. The van der Waals surface area contributed by atoms with Gasteiger partial charge in [0.05, 0.1) is 27.6 Å². The minimum absolute atomic E-state index is 0.253. The van der Waals surface area contributed by atoms with Gasteiger partial charge in [0.1, 0.15) is 5.52 Å². The zero-order valence-corrected chi connectivity index (χ0v) is 11.5. The lowest BCUT2D eigenvalue weighted by Gasteiger charge is -2.15. The van der Waals surface area contributed by atoms with Gasteiger partial charge in [0.15, 0.2) is 0 Å². The number of nitrogen functional groups attached to an aromatic ring is 1. The predicted octanol–water partition coefficient (Wildman–Crippen LogP) is 4.11. The molecular formula is C13H13N3S2. The Labute approximate surface area is 113 Å². The molecule has 0 spiro atoms. The number of fused-ring (bicyclic) bond motifs is 1. The molecule has 0 saturated carbocycles. The maximum absolute atomic E-state index is 6.15. The molecule has 1 unspecified atom stereocenters. The Morgan fingerprint density at radius 1 is 1.28 bits per heavy atom. The molecule has 92 valence electrons. The van der Waals surface area contributed by atoms with E-state index in [-0.39, 0.29) is 6.04 Å². The first-order chi connectivity index (χ1) is 8.75. The van der Waals surface area contributed by atoms with Gasteiger partial charge in [-0.3, -0.25) is 0 Å². The number of benzene rings is 1. The van der Waals surface area contributed by atoms with Crippen molar-refractivity contribution in [2.75, 3.05) is 11.1 Å². The highest BCUT2D eigenvalue weighted by molar-refractivity contribution is 7.16. The van der Waals surface area contributed by atoms with Crippen molar-refractivity contribution < 1.29 is 0 Å². The van der Waals surface area contributed by atoms with Crippen molar-refractivity contribution in [1.29, 1.82) is 0 Å². The third-order valence-electron chi connectivity index (χ3n) is 2.88. The average molecular weight is 275 g/mol. The van der Waals surface area contributed by atoms with Crippen molar-refractivity contribution in [3.8, 4) is 0 Å². The van der Waals surface area contributed by atoms with Crippen LogP contribution in [0.3, 0.4) is 0 Å². The molecule has 0 bridgehead atoms. The van der Waals surface area contributed by atoms with Crippen molar-refractivity contribution >= 4 is 44.3 Å². The van der Waals surface area contributed by atoms with E-state index in [2.05, 4.69) is 40.8 Å². The smallest absolute Gasteiger partial charge is 0.106 e. The van der Waals surface area contributed by atoms with Gasteiger partial charge in [-0.25, -0.2) is 4.98 Å². The van der Waals surface area contributed by atoms with E-state index in [1.165, 1.54) is 4.88 Å². The molecule has 2 aromatic heterocycles. The molecule has 0 radical (unpaired) electrons. The van der Waals surface area contributed by atoms with Crippen LogP contribution in [0.4, 0.5) is 11.4 Å². The third-order valence-corrected chi connectivity index (χ3v) is 4.73. The summed E-state index contributed by atoms with van der Waals surface area (Å²) in [5.41, 5.74) is 10.6. The number of nitrogens with two attached hydrogens (primary N) is 1. The monoisotopic (exact) mass is 275 g/mol. The number of anilines is 2. The number of nitrogens with one attached hydrogen (secondary N) is 1. The number of rotatable bonds is 3. The van der Waals surface area contributed by atoms with E-state index >= 15 is 0 Å². The van der Waals surface area contributed by atoms with E-state index in [4.69, 9.17) is 5.73 Å². The average Bonchev–Trinajstić information content (AvgIpc) is 3.02. The standard InChI is InChI=1S/C13H13N3S2/c1-8(10-3-2-6-17-10)16-9-4-5-11-13(12(9)14)15-7-18-11/h2-8,16H,14H2,1H3. The van der Waals surface area contributed by atoms with Crippen molar-refractivity contribution in [2.24, 2.45) is 0 Å². The summed E-state index contributed by atoms with van der Waals surface area (Å²) < 4.78 is 1.13. The van der Waals surface area contributed by atoms with Crippen LogP contribution in [-0.2, 0) is 0 Å². The van der Waals surface area contributed by atoms with Gasteiger partial charge in [-0.2, -0.15) is 0 Å². The Morgan fingerprint density at radius 2 is 2.17 bits per heavy atom. The van der Waals surface area contributed by atoms with E-state index in [9.17, 15) is 0 Å². The summed E-state index contributed by atoms with van der Waals surface area (Å²) in [6.45, 7) is 2.14. The van der Waals surface area contributed by atoms with Crippen LogP contribution < -0.4 is 11.1 Å². The summed E-state index contributed by atoms with van der Waals surface area (Å²) in [5.74, 6) is 0.